The highest BCUT2D eigenvalue weighted by Gasteiger charge is 2.31. The average Bonchev–Trinajstić information content (AvgIpc) is 2.37. The molecule has 0 spiro atoms. The van der Waals surface area contributed by atoms with Gasteiger partial charge in [0.1, 0.15) is 0 Å². The molecule has 0 saturated carbocycles. The molecule has 1 aromatic carbocycles. The summed E-state index contributed by atoms with van der Waals surface area (Å²) in [6, 6.07) is 9.13. The second kappa shape index (κ2) is 5.74. The molecule has 1 atom stereocenters. The Balaban J connectivity index is 2.02. The molecule has 1 amide bonds. The maximum absolute atomic E-state index is 10.8. The maximum Gasteiger partial charge on any atom is 0.216 e. The van der Waals surface area contributed by atoms with E-state index in [1.807, 2.05) is 0 Å². The predicted octanol–water partition coefficient (Wildman–Crippen LogP) is 2.52. The Morgan fingerprint density at radius 2 is 2.05 bits per heavy atom. The van der Waals surface area contributed by atoms with Gasteiger partial charge in [0.05, 0.1) is 0 Å². The number of nitrogens with one attached hydrogen (secondary N) is 2. The van der Waals surface area contributed by atoms with E-state index < -0.39 is 0 Å². The van der Waals surface area contributed by atoms with Crippen LogP contribution < -0.4 is 10.6 Å². The minimum atomic E-state index is 0.0342. The molecule has 0 bridgehead atoms. The molecule has 3 nitrogen and oxygen atoms in total. The van der Waals surface area contributed by atoms with E-state index in [-0.39, 0.29) is 11.3 Å². The normalized spacial score (nSPS) is 20.7. The van der Waals surface area contributed by atoms with E-state index >= 15 is 0 Å². The van der Waals surface area contributed by atoms with Gasteiger partial charge < -0.3 is 10.6 Å². The van der Waals surface area contributed by atoms with E-state index in [2.05, 4.69) is 48.7 Å². The fraction of sp³-hybridized carbons (Fsp3) is 0.562. The molecular formula is C16H24N2O. The summed E-state index contributed by atoms with van der Waals surface area (Å²) in [4.78, 5) is 10.8. The van der Waals surface area contributed by atoms with Crippen LogP contribution in [0.1, 0.15) is 50.8 Å². The summed E-state index contributed by atoms with van der Waals surface area (Å²) >= 11 is 0. The Bertz CT molecular complexity index is 454. The lowest BCUT2D eigenvalue weighted by Gasteiger charge is -2.37. The molecule has 0 radical (unpaired) electrons. The number of hydrogen-bond donors (Lipinski definition) is 2. The van der Waals surface area contributed by atoms with Crippen molar-refractivity contribution in [3.63, 3.8) is 0 Å². The van der Waals surface area contributed by atoms with Crippen molar-refractivity contribution in [2.45, 2.75) is 45.1 Å². The lowest BCUT2D eigenvalue weighted by molar-refractivity contribution is -0.118. The quantitative estimate of drug-likeness (QED) is 0.817. The van der Waals surface area contributed by atoms with Crippen LogP contribution in [0, 0.1) is 0 Å². The van der Waals surface area contributed by atoms with Crippen LogP contribution in [0.15, 0.2) is 24.3 Å². The zero-order chi connectivity index (χ0) is 13.9. The minimum absolute atomic E-state index is 0.0342. The van der Waals surface area contributed by atoms with Gasteiger partial charge in [-0.15, -0.1) is 0 Å². The topological polar surface area (TPSA) is 41.1 Å². The van der Waals surface area contributed by atoms with Gasteiger partial charge in [-0.05, 0) is 29.4 Å². The zero-order valence-corrected chi connectivity index (χ0v) is 12.1. The van der Waals surface area contributed by atoms with Crippen LogP contribution in [-0.2, 0) is 10.2 Å². The molecule has 0 fully saturated rings. The molecule has 0 aromatic heterocycles. The van der Waals surface area contributed by atoms with E-state index in [1.165, 1.54) is 17.5 Å². The van der Waals surface area contributed by atoms with E-state index in [0.717, 1.165) is 13.0 Å². The molecular weight excluding hydrogens is 236 g/mol. The number of fused-ring (bicyclic) bond motifs is 1. The van der Waals surface area contributed by atoms with Crippen molar-refractivity contribution >= 4 is 5.91 Å². The van der Waals surface area contributed by atoms with Crippen LogP contribution in [0.3, 0.4) is 0 Å². The first-order valence-electron chi connectivity index (χ1n) is 7.08. The van der Waals surface area contributed by atoms with Crippen molar-refractivity contribution in [1.29, 1.82) is 0 Å². The molecule has 0 heterocycles. The largest absolute Gasteiger partial charge is 0.355 e. The minimum Gasteiger partial charge on any atom is -0.355 e. The van der Waals surface area contributed by atoms with Gasteiger partial charge in [0, 0.05) is 26.1 Å². The van der Waals surface area contributed by atoms with Gasteiger partial charge in [-0.25, -0.2) is 0 Å². The first-order chi connectivity index (χ1) is 9.00. The monoisotopic (exact) mass is 260 g/mol. The van der Waals surface area contributed by atoms with Gasteiger partial charge in [-0.3, -0.25) is 4.79 Å². The van der Waals surface area contributed by atoms with E-state index in [9.17, 15) is 4.79 Å². The fourth-order valence-electron chi connectivity index (χ4n) is 2.91. The third-order valence-corrected chi connectivity index (χ3v) is 4.01. The van der Waals surface area contributed by atoms with E-state index in [0.29, 0.717) is 12.6 Å². The fourth-order valence-corrected chi connectivity index (χ4v) is 2.91. The molecule has 1 aliphatic rings. The van der Waals surface area contributed by atoms with Crippen molar-refractivity contribution in [2.75, 3.05) is 13.1 Å². The van der Waals surface area contributed by atoms with Gasteiger partial charge >= 0.3 is 0 Å². The van der Waals surface area contributed by atoms with Crippen LogP contribution in [-0.4, -0.2) is 19.0 Å². The Labute approximate surface area is 115 Å². The number of carbonyl (C=O) groups excluding carboxylic acids is 1. The summed E-state index contributed by atoms with van der Waals surface area (Å²) in [5.74, 6) is 0.0342. The van der Waals surface area contributed by atoms with E-state index in [4.69, 9.17) is 0 Å². The summed E-state index contributed by atoms with van der Waals surface area (Å²) in [5.41, 5.74) is 3.15. The summed E-state index contributed by atoms with van der Waals surface area (Å²) in [6.07, 6.45) is 2.35. The number of benzene rings is 1. The number of rotatable bonds is 4. The van der Waals surface area contributed by atoms with Gasteiger partial charge in [0.15, 0.2) is 0 Å². The second-order valence-corrected chi connectivity index (χ2v) is 6.00. The standard InChI is InChI=1S/C16H24N2O/c1-12(19)17-10-11-18-15-8-9-16(2,3)14-7-5-4-6-13(14)15/h4-7,15,18H,8-11H2,1-3H3,(H,17,19). The maximum atomic E-state index is 10.8. The molecule has 104 valence electrons. The lowest BCUT2D eigenvalue weighted by Crippen LogP contribution is -2.36. The number of hydrogen-bond acceptors (Lipinski definition) is 2. The SMILES string of the molecule is CC(=O)NCCNC1CCC(C)(C)c2ccccc21. The molecule has 2 N–H and O–H groups in total. The van der Waals surface area contributed by atoms with Crippen molar-refractivity contribution in [2.24, 2.45) is 0 Å². The third-order valence-electron chi connectivity index (χ3n) is 4.01. The van der Waals surface area contributed by atoms with Crippen molar-refractivity contribution in [1.82, 2.24) is 10.6 Å². The molecule has 1 aromatic rings. The highest BCUT2D eigenvalue weighted by molar-refractivity contribution is 5.72. The van der Waals surface area contributed by atoms with Gasteiger partial charge in [0.25, 0.3) is 0 Å². The van der Waals surface area contributed by atoms with Crippen LogP contribution >= 0.6 is 0 Å². The van der Waals surface area contributed by atoms with Crippen LogP contribution in [0.2, 0.25) is 0 Å². The van der Waals surface area contributed by atoms with Crippen molar-refractivity contribution in [3.8, 4) is 0 Å². The highest BCUT2D eigenvalue weighted by Crippen LogP contribution is 2.41. The van der Waals surface area contributed by atoms with Crippen molar-refractivity contribution in [3.05, 3.63) is 35.4 Å². The molecule has 2 rings (SSSR count). The Morgan fingerprint density at radius 3 is 2.79 bits per heavy atom. The predicted molar refractivity (Wildman–Crippen MR) is 78.1 cm³/mol. The van der Waals surface area contributed by atoms with E-state index in [1.54, 1.807) is 6.92 Å². The van der Waals surface area contributed by atoms with Crippen LogP contribution in [0.5, 0.6) is 0 Å². The second-order valence-electron chi connectivity index (χ2n) is 6.00. The van der Waals surface area contributed by atoms with Crippen molar-refractivity contribution < 1.29 is 4.79 Å². The third kappa shape index (κ3) is 3.35. The van der Waals surface area contributed by atoms with Gasteiger partial charge in [-0.1, -0.05) is 38.1 Å². The molecule has 0 saturated heterocycles. The molecule has 0 aliphatic heterocycles. The molecule has 19 heavy (non-hydrogen) atoms. The summed E-state index contributed by atoms with van der Waals surface area (Å²) in [7, 11) is 0. The Hall–Kier alpha value is -1.35. The number of carbonyl (C=O) groups is 1. The van der Waals surface area contributed by atoms with Gasteiger partial charge in [-0.2, -0.15) is 0 Å². The average molecular weight is 260 g/mol. The Morgan fingerprint density at radius 1 is 1.32 bits per heavy atom. The summed E-state index contributed by atoms with van der Waals surface area (Å²) < 4.78 is 0. The zero-order valence-electron chi connectivity index (χ0n) is 12.1. The molecule has 1 aliphatic carbocycles. The van der Waals surface area contributed by atoms with Gasteiger partial charge in [0.2, 0.25) is 5.91 Å². The lowest BCUT2D eigenvalue weighted by atomic mass is 9.71. The molecule has 3 heteroatoms. The first-order valence-corrected chi connectivity index (χ1v) is 7.08. The van der Waals surface area contributed by atoms with Crippen LogP contribution in [0.4, 0.5) is 0 Å². The highest BCUT2D eigenvalue weighted by atomic mass is 16.1. The Kier molecular flexibility index (Phi) is 4.25. The number of amides is 1. The summed E-state index contributed by atoms with van der Waals surface area (Å²) in [5, 5.41) is 6.38. The smallest absolute Gasteiger partial charge is 0.216 e. The first kappa shape index (κ1) is 14.1. The molecule has 1 unspecified atom stereocenters. The summed E-state index contributed by atoms with van der Waals surface area (Å²) in [6.45, 7) is 7.70. The van der Waals surface area contributed by atoms with Crippen LogP contribution in [0.25, 0.3) is 0 Å².